The first kappa shape index (κ1) is 80.7. The zero-order valence-electron chi connectivity index (χ0n) is 55.5. The van der Waals surface area contributed by atoms with Crippen molar-refractivity contribution in [3.8, 4) is 0 Å². The van der Waals surface area contributed by atoms with Crippen molar-refractivity contribution in [2.75, 3.05) is 47.5 Å². The molecule has 0 aliphatic heterocycles. The van der Waals surface area contributed by atoms with E-state index in [2.05, 4.69) is 135 Å². The number of quaternary nitrogens is 1. The summed E-state index contributed by atoms with van der Waals surface area (Å²) < 4.78 is 22.9. The molecule has 0 saturated carbocycles. The van der Waals surface area contributed by atoms with Gasteiger partial charge in [-0.25, -0.2) is 4.79 Å². The van der Waals surface area contributed by atoms with E-state index in [-0.39, 0.29) is 32.2 Å². The Morgan fingerprint density at radius 2 is 0.671 bits per heavy atom. The molecule has 0 heterocycles. The molecular weight excluding hydrogens is 1050 g/mol. The number of allylic oxidation sites excluding steroid dienone is 20. The Bertz CT molecular complexity index is 1810. The molecule has 0 aromatic heterocycles. The van der Waals surface area contributed by atoms with Crippen LogP contribution in [-0.2, 0) is 33.3 Å². The molecule has 9 nitrogen and oxygen atoms in total. The number of carbonyl (C=O) groups is 3. The predicted octanol–water partition coefficient (Wildman–Crippen LogP) is 21.6. The van der Waals surface area contributed by atoms with Gasteiger partial charge in [-0.05, 0) is 89.9 Å². The molecule has 85 heavy (non-hydrogen) atoms. The molecule has 0 radical (unpaired) electrons. The van der Waals surface area contributed by atoms with Gasteiger partial charge in [0.25, 0.3) is 6.29 Å². The summed E-state index contributed by atoms with van der Waals surface area (Å²) in [5, 5.41) is 9.74. The molecule has 486 valence electrons. The summed E-state index contributed by atoms with van der Waals surface area (Å²) in [6.45, 7) is 4.73. The van der Waals surface area contributed by atoms with Crippen LogP contribution in [0.4, 0.5) is 0 Å². The van der Waals surface area contributed by atoms with Crippen LogP contribution in [0.2, 0.25) is 0 Å². The number of carbonyl (C=O) groups excluding carboxylic acids is 2. The van der Waals surface area contributed by atoms with Crippen LogP contribution < -0.4 is 0 Å². The van der Waals surface area contributed by atoms with Crippen LogP contribution in [0.1, 0.15) is 284 Å². The van der Waals surface area contributed by atoms with Gasteiger partial charge in [-0.3, -0.25) is 9.59 Å². The second-order valence-electron chi connectivity index (χ2n) is 24.1. The van der Waals surface area contributed by atoms with E-state index in [9.17, 15) is 19.5 Å². The third-order valence-corrected chi connectivity index (χ3v) is 14.7. The van der Waals surface area contributed by atoms with Gasteiger partial charge in [0.05, 0.1) is 34.4 Å². The number of aliphatic carboxylic acids is 1. The number of nitrogens with zero attached hydrogens (tertiary/aromatic N) is 1. The fourth-order valence-electron chi connectivity index (χ4n) is 9.46. The van der Waals surface area contributed by atoms with Crippen molar-refractivity contribution in [2.45, 2.75) is 296 Å². The van der Waals surface area contributed by atoms with Gasteiger partial charge in [0, 0.05) is 12.8 Å². The molecule has 0 aromatic carbocycles. The molecular formula is C76H130NO8+. The number of esters is 2. The molecule has 9 heteroatoms. The van der Waals surface area contributed by atoms with Crippen LogP contribution in [-0.4, -0.2) is 87.4 Å². The number of rotatable bonds is 63. The second kappa shape index (κ2) is 65.7. The van der Waals surface area contributed by atoms with Crippen molar-refractivity contribution in [3.63, 3.8) is 0 Å². The highest BCUT2D eigenvalue weighted by Gasteiger charge is 2.25. The highest BCUT2D eigenvalue weighted by Crippen LogP contribution is 2.17. The number of unbranched alkanes of at least 4 members (excludes halogenated alkanes) is 28. The fourth-order valence-corrected chi connectivity index (χ4v) is 9.46. The minimum absolute atomic E-state index is 0.174. The van der Waals surface area contributed by atoms with E-state index in [1.165, 1.54) is 154 Å². The Labute approximate surface area is 523 Å². The van der Waals surface area contributed by atoms with E-state index < -0.39 is 24.3 Å². The summed E-state index contributed by atoms with van der Waals surface area (Å²) in [4.78, 5) is 37.6. The smallest absolute Gasteiger partial charge is 0.361 e. The van der Waals surface area contributed by atoms with Gasteiger partial charge in [0.1, 0.15) is 13.2 Å². The fraction of sp³-hybridized carbons (Fsp3) is 0.697. The van der Waals surface area contributed by atoms with Crippen LogP contribution >= 0.6 is 0 Å². The lowest BCUT2D eigenvalue weighted by Crippen LogP contribution is -2.40. The first-order chi connectivity index (χ1) is 41.6. The first-order valence-corrected chi connectivity index (χ1v) is 34.7. The van der Waals surface area contributed by atoms with Crippen LogP contribution in [0.15, 0.2) is 122 Å². The van der Waals surface area contributed by atoms with Crippen molar-refractivity contribution in [1.29, 1.82) is 0 Å². The Hall–Kier alpha value is -4.31. The Kier molecular flexibility index (Phi) is 62.3. The highest BCUT2D eigenvalue weighted by molar-refractivity contribution is 5.71. The number of hydrogen-bond donors (Lipinski definition) is 1. The van der Waals surface area contributed by atoms with E-state index in [1.54, 1.807) is 0 Å². The Morgan fingerprint density at radius 1 is 0.365 bits per heavy atom. The third-order valence-electron chi connectivity index (χ3n) is 14.7. The van der Waals surface area contributed by atoms with E-state index in [0.29, 0.717) is 23.9 Å². The largest absolute Gasteiger partial charge is 0.477 e. The van der Waals surface area contributed by atoms with Crippen molar-refractivity contribution in [1.82, 2.24) is 0 Å². The summed E-state index contributed by atoms with van der Waals surface area (Å²) in [6.07, 6.45) is 90.3. The van der Waals surface area contributed by atoms with E-state index in [0.717, 1.165) is 96.3 Å². The summed E-state index contributed by atoms with van der Waals surface area (Å²) in [7, 11) is 5.96. The van der Waals surface area contributed by atoms with Gasteiger partial charge in [-0.1, -0.05) is 302 Å². The van der Waals surface area contributed by atoms with Gasteiger partial charge in [-0.15, -0.1) is 0 Å². The van der Waals surface area contributed by atoms with Crippen LogP contribution in [0.25, 0.3) is 0 Å². The van der Waals surface area contributed by atoms with Gasteiger partial charge in [0.15, 0.2) is 6.10 Å². The minimum Gasteiger partial charge on any atom is -0.477 e. The molecule has 1 N–H and O–H groups in total. The van der Waals surface area contributed by atoms with E-state index >= 15 is 0 Å². The lowest BCUT2D eigenvalue weighted by molar-refractivity contribution is -0.870. The molecule has 0 amide bonds. The van der Waals surface area contributed by atoms with Crippen molar-refractivity contribution in [3.05, 3.63) is 122 Å². The van der Waals surface area contributed by atoms with Crippen molar-refractivity contribution in [2.24, 2.45) is 0 Å². The number of carboxylic acid groups (broad SMARTS) is 1. The number of hydrogen-bond acceptors (Lipinski definition) is 7. The van der Waals surface area contributed by atoms with E-state index in [1.807, 2.05) is 21.1 Å². The minimum atomic E-state index is -1.53. The molecule has 0 fully saturated rings. The maximum absolute atomic E-state index is 12.9. The van der Waals surface area contributed by atoms with Crippen LogP contribution in [0, 0.1) is 0 Å². The molecule has 0 aliphatic carbocycles. The third kappa shape index (κ3) is 67.1. The maximum atomic E-state index is 12.9. The average Bonchev–Trinajstić information content (AvgIpc) is 3.49. The molecule has 0 aromatic rings. The van der Waals surface area contributed by atoms with Gasteiger partial charge in [-0.2, -0.15) is 0 Å². The molecule has 0 aliphatic rings. The number of ether oxygens (including phenoxy) is 4. The molecule has 0 spiro atoms. The summed E-state index contributed by atoms with van der Waals surface area (Å²) in [5.41, 5.74) is 0. The van der Waals surface area contributed by atoms with Crippen molar-refractivity contribution < 1.29 is 42.9 Å². The maximum Gasteiger partial charge on any atom is 0.361 e. The normalized spacial score (nSPS) is 13.5. The Morgan fingerprint density at radius 3 is 1.00 bits per heavy atom. The zero-order chi connectivity index (χ0) is 61.9. The lowest BCUT2D eigenvalue weighted by Gasteiger charge is -2.25. The Balaban J connectivity index is 4.25. The molecule has 2 unspecified atom stereocenters. The molecule has 2 atom stereocenters. The SMILES string of the molecule is CC/C=C\C/C=C\C/C=C\C/C=C\C/C=C\C/C=C\C/C=C\C/C=C\C/C=C\C/C=C\CCCCC(=O)OC(COC(=O)CCCCCCCCCCCCCCCCCCCCCCCCCCCCC)COC(OCC[N+](C)(C)C)C(=O)O. The topological polar surface area (TPSA) is 108 Å². The second-order valence-corrected chi connectivity index (χ2v) is 24.1. The standard InChI is InChI=1S/C76H129NO8/c1-6-8-10-12-14-16-18-20-22-24-26-28-30-32-34-35-36-37-38-39-41-43-45-47-49-51-53-55-57-59-61-63-65-67-74(79)85-72(71-84-76(75(80)81)82-69-68-77(3,4)5)70-83-73(78)66-64-62-60-58-56-54-52-50-48-46-44-42-40-33-31-29-27-25-23-21-19-17-15-13-11-9-7-2/h8,10,14,16,20,22,26,28,32,34,36-37,39,41,45,47,51,53,57,59,72,76H,6-7,9,11-13,15,17-19,21,23-25,27,29-31,33,35,38,40,42-44,46,48-50,52,54-56,58,60-71H2,1-5H3/p+1/b10-8-,16-14-,22-20-,28-26-,34-32-,37-36-,41-39-,47-45-,53-51-,59-57-. The van der Waals surface area contributed by atoms with Crippen LogP contribution in [0.3, 0.4) is 0 Å². The summed E-state index contributed by atoms with van der Waals surface area (Å²) >= 11 is 0. The van der Waals surface area contributed by atoms with Gasteiger partial charge < -0.3 is 28.5 Å². The predicted molar refractivity (Wildman–Crippen MR) is 364 cm³/mol. The highest BCUT2D eigenvalue weighted by atomic mass is 16.7. The average molecular weight is 1190 g/mol. The van der Waals surface area contributed by atoms with E-state index in [4.69, 9.17) is 18.9 Å². The van der Waals surface area contributed by atoms with Crippen LogP contribution in [0.5, 0.6) is 0 Å². The zero-order valence-corrected chi connectivity index (χ0v) is 55.5. The van der Waals surface area contributed by atoms with Gasteiger partial charge >= 0.3 is 17.9 Å². The molecule has 0 bridgehead atoms. The monoisotopic (exact) mass is 1180 g/mol. The summed E-state index contributed by atoms with van der Waals surface area (Å²) in [6, 6.07) is 0. The summed E-state index contributed by atoms with van der Waals surface area (Å²) in [5.74, 6) is -2.07. The van der Waals surface area contributed by atoms with Gasteiger partial charge in [0.2, 0.25) is 0 Å². The number of carboxylic acids is 1. The molecule has 0 saturated heterocycles. The number of likely N-dealkylation sites (N-methyl/N-ethyl adjacent to an activating group) is 1. The quantitative estimate of drug-likeness (QED) is 0.0211. The lowest BCUT2D eigenvalue weighted by atomic mass is 10.0. The molecule has 0 rings (SSSR count). The van der Waals surface area contributed by atoms with Crippen molar-refractivity contribution >= 4 is 17.9 Å². The first-order valence-electron chi connectivity index (χ1n) is 34.7.